The Morgan fingerprint density at radius 1 is 0.909 bits per heavy atom. The number of carbonyl (C=O) groups is 2. The lowest BCUT2D eigenvalue weighted by Gasteiger charge is -2.19. The number of likely N-dealkylation sites (N-methyl/N-ethyl adjacent to an activating group) is 1. The van der Waals surface area contributed by atoms with Crippen molar-refractivity contribution in [1.29, 1.82) is 0 Å². The van der Waals surface area contributed by atoms with Gasteiger partial charge < -0.3 is 10.1 Å². The summed E-state index contributed by atoms with van der Waals surface area (Å²) in [5, 5.41) is 2.47. The second kappa shape index (κ2) is 7.41. The van der Waals surface area contributed by atoms with E-state index in [9.17, 15) is 9.59 Å². The average molecular weight is 297 g/mol. The highest BCUT2D eigenvalue weighted by Gasteiger charge is 2.27. The van der Waals surface area contributed by atoms with Crippen LogP contribution in [-0.4, -0.2) is 25.0 Å². The van der Waals surface area contributed by atoms with Crippen molar-refractivity contribution in [2.45, 2.75) is 18.9 Å². The molecular formula is C18H19NO3. The molecule has 1 amide bonds. The van der Waals surface area contributed by atoms with Crippen LogP contribution in [0.1, 0.15) is 24.0 Å². The van der Waals surface area contributed by atoms with Gasteiger partial charge in [-0.05, 0) is 18.1 Å². The molecule has 0 unspecified atom stereocenters. The molecule has 0 aliphatic carbocycles. The third kappa shape index (κ3) is 3.73. The summed E-state index contributed by atoms with van der Waals surface area (Å²) in [5.41, 5.74) is 1.67. The topological polar surface area (TPSA) is 55.4 Å². The molecule has 4 heteroatoms. The van der Waals surface area contributed by atoms with Gasteiger partial charge in [0.15, 0.2) is 6.10 Å². The van der Waals surface area contributed by atoms with Crippen molar-refractivity contribution in [3.8, 4) is 0 Å². The second-order valence-corrected chi connectivity index (χ2v) is 4.95. The molecule has 0 heterocycles. The first-order valence-corrected chi connectivity index (χ1v) is 7.15. The third-order valence-electron chi connectivity index (χ3n) is 3.41. The maximum atomic E-state index is 12.6. The number of rotatable bonds is 5. The van der Waals surface area contributed by atoms with E-state index in [1.807, 2.05) is 60.7 Å². The molecular weight excluding hydrogens is 278 g/mol. The summed E-state index contributed by atoms with van der Waals surface area (Å²) < 4.78 is 5.32. The zero-order valence-corrected chi connectivity index (χ0v) is 12.7. The van der Waals surface area contributed by atoms with Crippen LogP contribution in [0.2, 0.25) is 0 Å². The molecule has 22 heavy (non-hydrogen) atoms. The number of nitrogens with one attached hydrogen (secondary N) is 1. The first kappa shape index (κ1) is 15.8. The van der Waals surface area contributed by atoms with Crippen LogP contribution in [0, 0.1) is 0 Å². The van der Waals surface area contributed by atoms with Gasteiger partial charge in [0.1, 0.15) is 5.92 Å². The Bertz CT molecular complexity index is 586. The van der Waals surface area contributed by atoms with Crippen molar-refractivity contribution in [2.75, 3.05) is 7.05 Å². The lowest BCUT2D eigenvalue weighted by Crippen LogP contribution is -2.34. The van der Waals surface area contributed by atoms with E-state index in [-0.39, 0.29) is 5.91 Å². The number of esters is 1. The quantitative estimate of drug-likeness (QED) is 0.863. The van der Waals surface area contributed by atoms with E-state index in [1.165, 1.54) is 7.05 Å². The van der Waals surface area contributed by atoms with Crippen molar-refractivity contribution in [1.82, 2.24) is 5.32 Å². The molecule has 2 aromatic carbocycles. The number of ether oxygens (including phenoxy) is 1. The Kier molecular flexibility index (Phi) is 5.31. The highest BCUT2D eigenvalue weighted by molar-refractivity contribution is 5.87. The molecule has 0 aliphatic heterocycles. The Labute approximate surface area is 130 Å². The average Bonchev–Trinajstić information content (AvgIpc) is 2.56. The van der Waals surface area contributed by atoms with Crippen LogP contribution in [0.5, 0.6) is 0 Å². The van der Waals surface area contributed by atoms with Crippen LogP contribution in [-0.2, 0) is 14.3 Å². The second-order valence-electron chi connectivity index (χ2n) is 4.95. The summed E-state index contributed by atoms with van der Waals surface area (Å²) in [5.74, 6) is -1.31. The number of benzene rings is 2. The third-order valence-corrected chi connectivity index (χ3v) is 3.41. The van der Waals surface area contributed by atoms with Gasteiger partial charge in [0.2, 0.25) is 0 Å². The van der Waals surface area contributed by atoms with Gasteiger partial charge in [-0.25, -0.2) is 0 Å². The van der Waals surface area contributed by atoms with Crippen molar-refractivity contribution in [3.63, 3.8) is 0 Å². The molecule has 1 N–H and O–H groups in total. The molecule has 0 saturated carbocycles. The molecule has 2 rings (SSSR count). The summed E-state index contributed by atoms with van der Waals surface area (Å²) in [6.45, 7) is 1.56. The molecule has 0 aromatic heterocycles. The lowest BCUT2D eigenvalue weighted by atomic mass is 9.91. The molecule has 0 bridgehead atoms. The minimum absolute atomic E-state index is 0.326. The van der Waals surface area contributed by atoms with Crippen molar-refractivity contribution in [3.05, 3.63) is 71.8 Å². The minimum atomic E-state index is -0.826. The van der Waals surface area contributed by atoms with E-state index in [2.05, 4.69) is 5.32 Å². The fraction of sp³-hybridized carbons (Fsp3) is 0.222. The standard InChI is InChI=1S/C18H19NO3/c1-13(17(20)19-2)22-18(21)16(14-9-5-3-6-10-14)15-11-7-4-8-12-15/h3-13,16H,1-2H3,(H,19,20)/t13-/m0/s1. The molecule has 0 spiro atoms. The number of hydrogen-bond acceptors (Lipinski definition) is 3. The SMILES string of the molecule is CNC(=O)[C@H](C)OC(=O)C(c1ccccc1)c1ccccc1. The van der Waals surface area contributed by atoms with Crippen molar-refractivity contribution >= 4 is 11.9 Å². The maximum absolute atomic E-state index is 12.6. The molecule has 4 nitrogen and oxygen atoms in total. The lowest BCUT2D eigenvalue weighted by molar-refractivity contribution is -0.155. The number of hydrogen-bond donors (Lipinski definition) is 1. The highest BCUT2D eigenvalue weighted by atomic mass is 16.5. The van der Waals surface area contributed by atoms with Crippen LogP contribution in [0.25, 0.3) is 0 Å². The Hall–Kier alpha value is -2.62. The zero-order valence-electron chi connectivity index (χ0n) is 12.7. The van der Waals surface area contributed by atoms with Crippen LogP contribution in [0.15, 0.2) is 60.7 Å². The Morgan fingerprint density at radius 2 is 1.36 bits per heavy atom. The number of amides is 1. The van der Waals surface area contributed by atoms with Gasteiger partial charge in [0, 0.05) is 7.05 Å². The molecule has 114 valence electrons. The monoisotopic (exact) mass is 297 g/mol. The Morgan fingerprint density at radius 3 is 1.77 bits per heavy atom. The Balaban J connectivity index is 2.29. The summed E-state index contributed by atoms with van der Waals surface area (Å²) in [7, 11) is 1.51. The molecule has 1 atom stereocenters. The highest BCUT2D eigenvalue weighted by Crippen LogP contribution is 2.26. The minimum Gasteiger partial charge on any atom is -0.452 e. The van der Waals surface area contributed by atoms with Gasteiger partial charge in [0.05, 0.1) is 0 Å². The largest absolute Gasteiger partial charge is 0.452 e. The van der Waals surface area contributed by atoms with Gasteiger partial charge >= 0.3 is 5.97 Å². The van der Waals surface area contributed by atoms with Crippen LogP contribution in [0.3, 0.4) is 0 Å². The summed E-state index contributed by atoms with van der Waals surface area (Å²) in [6, 6.07) is 18.8. The smallest absolute Gasteiger partial charge is 0.318 e. The van der Waals surface area contributed by atoms with Gasteiger partial charge in [-0.1, -0.05) is 60.7 Å². The van der Waals surface area contributed by atoms with Crippen LogP contribution in [0.4, 0.5) is 0 Å². The van der Waals surface area contributed by atoms with E-state index >= 15 is 0 Å². The molecule has 0 fully saturated rings. The molecule has 0 radical (unpaired) electrons. The van der Waals surface area contributed by atoms with Crippen molar-refractivity contribution in [2.24, 2.45) is 0 Å². The fourth-order valence-electron chi connectivity index (χ4n) is 2.25. The summed E-state index contributed by atoms with van der Waals surface area (Å²) in [6.07, 6.45) is -0.826. The predicted octanol–water partition coefficient (Wildman–Crippen LogP) is 2.50. The van der Waals surface area contributed by atoms with E-state index in [1.54, 1.807) is 6.92 Å². The molecule has 0 saturated heterocycles. The first-order valence-electron chi connectivity index (χ1n) is 7.15. The van der Waals surface area contributed by atoms with E-state index in [0.29, 0.717) is 0 Å². The van der Waals surface area contributed by atoms with Crippen LogP contribution < -0.4 is 5.32 Å². The zero-order chi connectivity index (χ0) is 15.9. The van der Waals surface area contributed by atoms with Gasteiger partial charge in [-0.15, -0.1) is 0 Å². The van der Waals surface area contributed by atoms with E-state index in [0.717, 1.165) is 11.1 Å². The van der Waals surface area contributed by atoms with E-state index in [4.69, 9.17) is 4.74 Å². The maximum Gasteiger partial charge on any atom is 0.318 e. The van der Waals surface area contributed by atoms with Crippen molar-refractivity contribution < 1.29 is 14.3 Å². The summed E-state index contributed by atoms with van der Waals surface area (Å²) >= 11 is 0. The van der Waals surface area contributed by atoms with Gasteiger partial charge in [-0.2, -0.15) is 0 Å². The molecule has 0 aliphatic rings. The van der Waals surface area contributed by atoms with Gasteiger partial charge in [0.25, 0.3) is 5.91 Å². The summed E-state index contributed by atoms with van der Waals surface area (Å²) in [4.78, 5) is 24.1. The van der Waals surface area contributed by atoms with Crippen LogP contribution >= 0.6 is 0 Å². The fourth-order valence-corrected chi connectivity index (χ4v) is 2.25. The first-order chi connectivity index (χ1) is 10.6. The number of carbonyl (C=O) groups excluding carboxylic acids is 2. The van der Waals surface area contributed by atoms with E-state index < -0.39 is 18.0 Å². The molecule has 2 aromatic rings. The normalized spacial score (nSPS) is 11.8. The van der Waals surface area contributed by atoms with Gasteiger partial charge in [-0.3, -0.25) is 9.59 Å². The predicted molar refractivity (Wildman–Crippen MR) is 84.3 cm³/mol.